The van der Waals surface area contributed by atoms with Gasteiger partial charge in [-0.1, -0.05) is 41.9 Å². The summed E-state index contributed by atoms with van der Waals surface area (Å²) in [7, 11) is 0. The molecule has 0 radical (unpaired) electrons. The summed E-state index contributed by atoms with van der Waals surface area (Å²) in [6.07, 6.45) is 3.08. The lowest BCUT2D eigenvalue weighted by molar-refractivity contribution is -0.139. The van der Waals surface area contributed by atoms with E-state index in [9.17, 15) is 15.2 Å². The molecule has 11 heteroatoms. The van der Waals surface area contributed by atoms with E-state index in [1.807, 2.05) is 49.4 Å². The molecule has 0 bridgehead atoms. The molecule has 0 amide bonds. The van der Waals surface area contributed by atoms with E-state index in [1.54, 1.807) is 24.4 Å². The number of pyridine rings is 1. The fraction of sp³-hybridized carbons (Fsp3) is 0.265. The van der Waals surface area contributed by atoms with Crippen molar-refractivity contribution >= 4 is 17.6 Å². The number of carbonyl (C=O) groups is 1. The van der Waals surface area contributed by atoms with Crippen LogP contribution in [-0.2, 0) is 24.6 Å². The summed E-state index contributed by atoms with van der Waals surface area (Å²) in [6, 6.07) is 19.9. The van der Waals surface area contributed by atoms with Crippen LogP contribution in [0.4, 0.5) is 0 Å². The SMILES string of the molecule is Cc1c(COc2cc(OCc3cncc(C#N)c3)c(CNC(CCN)C(=O)O)cc2Cl)cccc1[C@H]1COc2ccccc2O1. The molecular formula is C34H33ClN4O6. The van der Waals surface area contributed by atoms with Gasteiger partial charge in [-0.25, -0.2) is 0 Å². The first-order valence-corrected chi connectivity index (χ1v) is 14.8. The van der Waals surface area contributed by atoms with Gasteiger partial charge in [0, 0.05) is 36.1 Å². The maximum Gasteiger partial charge on any atom is 0.320 e. The molecule has 232 valence electrons. The average Bonchev–Trinajstić information content (AvgIpc) is 3.05. The van der Waals surface area contributed by atoms with Gasteiger partial charge in [0.2, 0.25) is 0 Å². The second kappa shape index (κ2) is 14.8. The summed E-state index contributed by atoms with van der Waals surface area (Å²) in [6.45, 7) is 3.15. The zero-order valence-electron chi connectivity index (χ0n) is 24.7. The van der Waals surface area contributed by atoms with Crippen molar-refractivity contribution in [1.29, 1.82) is 5.26 Å². The minimum Gasteiger partial charge on any atom is -0.488 e. The molecular weight excluding hydrogens is 596 g/mol. The third-order valence-corrected chi connectivity index (χ3v) is 7.75. The molecule has 0 saturated heterocycles. The zero-order valence-corrected chi connectivity index (χ0v) is 25.4. The third-order valence-electron chi connectivity index (χ3n) is 7.45. The Kier molecular flexibility index (Phi) is 10.4. The number of nitrogens with zero attached hydrogens (tertiary/aromatic N) is 2. The van der Waals surface area contributed by atoms with Gasteiger partial charge >= 0.3 is 5.97 Å². The standard InChI is InChI=1S/C34H33ClN4O6/c1-21-24(5-4-6-26(21)33-20-44-29-7-2-3-8-30(29)45-33)19-43-32-13-31(42-18-23-11-22(14-37)15-38-16-23)25(12-27(32)35)17-39-28(9-10-36)34(40)41/h2-8,11-13,15-16,28,33,39H,9-10,17-20,36H2,1H3,(H,40,41)/t28?,33-/m1/s1. The predicted molar refractivity (Wildman–Crippen MR) is 167 cm³/mol. The highest BCUT2D eigenvalue weighted by Crippen LogP contribution is 2.38. The van der Waals surface area contributed by atoms with Crippen LogP contribution in [0, 0.1) is 18.3 Å². The quantitative estimate of drug-likeness (QED) is 0.174. The van der Waals surface area contributed by atoms with E-state index in [0.29, 0.717) is 45.6 Å². The second-order valence-electron chi connectivity index (χ2n) is 10.5. The Labute approximate surface area is 266 Å². The summed E-state index contributed by atoms with van der Waals surface area (Å²) in [5.74, 6) is 1.27. The third kappa shape index (κ3) is 7.83. The highest BCUT2D eigenvalue weighted by Gasteiger charge is 2.25. The summed E-state index contributed by atoms with van der Waals surface area (Å²) in [4.78, 5) is 15.8. The molecule has 0 spiro atoms. The zero-order chi connectivity index (χ0) is 31.8. The summed E-state index contributed by atoms with van der Waals surface area (Å²) < 4.78 is 24.5. The van der Waals surface area contributed by atoms with Crippen LogP contribution in [0.3, 0.4) is 0 Å². The Balaban J connectivity index is 1.35. The Morgan fingerprint density at radius 2 is 1.91 bits per heavy atom. The number of nitrogens with two attached hydrogens (primary N) is 1. The van der Waals surface area contributed by atoms with Crippen molar-refractivity contribution in [3.8, 4) is 29.1 Å². The first-order chi connectivity index (χ1) is 21.9. The molecule has 10 nitrogen and oxygen atoms in total. The van der Waals surface area contributed by atoms with Crippen molar-refractivity contribution in [3.05, 3.63) is 111 Å². The molecule has 0 aliphatic carbocycles. The first kappa shape index (κ1) is 31.6. The second-order valence-corrected chi connectivity index (χ2v) is 10.9. The van der Waals surface area contributed by atoms with E-state index >= 15 is 0 Å². The van der Waals surface area contributed by atoms with Crippen LogP contribution in [-0.4, -0.2) is 35.3 Å². The molecule has 1 unspecified atom stereocenters. The Bertz CT molecular complexity index is 1710. The van der Waals surface area contributed by atoms with E-state index in [4.69, 9.17) is 36.3 Å². The number of aromatic nitrogens is 1. The number of fused-ring (bicyclic) bond motifs is 1. The number of hydrogen-bond acceptors (Lipinski definition) is 9. The van der Waals surface area contributed by atoms with Gasteiger partial charge in [-0.2, -0.15) is 5.26 Å². The fourth-order valence-corrected chi connectivity index (χ4v) is 5.24. The van der Waals surface area contributed by atoms with Gasteiger partial charge in [-0.15, -0.1) is 0 Å². The molecule has 2 heterocycles. The Morgan fingerprint density at radius 1 is 1.11 bits per heavy atom. The van der Waals surface area contributed by atoms with Crippen molar-refractivity contribution in [2.45, 2.75) is 45.2 Å². The minimum atomic E-state index is -1.000. The van der Waals surface area contributed by atoms with Crippen LogP contribution in [0.2, 0.25) is 5.02 Å². The van der Waals surface area contributed by atoms with Crippen LogP contribution < -0.4 is 30.0 Å². The van der Waals surface area contributed by atoms with E-state index in [1.165, 1.54) is 6.20 Å². The van der Waals surface area contributed by atoms with Gasteiger partial charge in [-0.3, -0.25) is 9.78 Å². The van der Waals surface area contributed by atoms with E-state index in [2.05, 4.69) is 16.4 Å². The lowest BCUT2D eigenvalue weighted by Crippen LogP contribution is -2.37. The largest absolute Gasteiger partial charge is 0.488 e. The maximum atomic E-state index is 11.7. The van der Waals surface area contributed by atoms with Crippen LogP contribution in [0.25, 0.3) is 0 Å². The first-order valence-electron chi connectivity index (χ1n) is 14.4. The summed E-state index contributed by atoms with van der Waals surface area (Å²) in [5.41, 5.74) is 10.3. The number of aliphatic carboxylic acids is 1. The summed E-state index contributed by atoms with van der Waals surface area (Å²) >= 11 is 6.68. The number of carboxylic acid groups (broad SMARTS) is 1. The van der Waals surface area contributed by atoms with Crippen molar-refractivity contribution < 1.29 is 28.8 Å². The molecule has 0 fully saturated rings. The van der Waals surface area contributed by atoms with Gasteiger partial charge in [0.1, 0.15) is 43.4 Å². The van der Waals surface area contributed by atoms with E-state index in [-0.39, 0.29) is 38.8 Å². The van der Waals surface area contributed by atoms with E-state index < -0.39 is 12.0 Å². The lowest BCUT2D eigenvalue weighted by atomic mass is 9.98. The Morgan fingerprint density at radius 3 is 2.69 bits per heavy atom. The molecule has 1 aliphatic heterocycles. The number of benzene rings is 3. The number of hydrogen-bond donors (Lipinski definition) is 3. The minimum absolute atomic E-state index is 0.121. The number of para-hydroxylation sites is 2. The highest BCUT2D eigenvalue weighted by molar-refractivity contribution is 6.32. The van der Waals surface area contributed by atoms with Crippen LogP contribution in [0.1, 0.15) is 45.9 Å². The van der Waals surface area contributed by atoms with Crippen LogP contribution >= 0.6 is 11.6 Å². The molecule has 5 rings (SSSR count). The van der Waals surface area contributed by atoms with Crippen LogP contribution in [0.15, 0.2) is 73.1 Å². The van der Waals surface area contributed by atoms with Crippen LogP contribution in [0.5, 0.6) is 23.0 Å². The number of ether oxygens (including phenoxy) is 4. The normalized spacial score (nSPS) is 14.3. The fourth-order valence-electron chi connectivity index (χ4n) is 5.00. The molecule has 3 aromatic carbocycles. The topological polar surface area (TPSA) is 149 Å². The number of rotatable bonds is 13. The van der Waals surface area contributed by atoms with Gasteiger partial charge in [0.05, 0.1) is 10.6 Å². The van der Waals surface area contributed by atoms with Crippen molar-refractivity contribution in [2.75, 3.05) is 13.2 Å². The highest BCUT2D eigenvalue weighted by atomic mass is 35.5. The molecule has 4 N–H and O–H groups in total. The predicted octanol–water partition coefficient (Wildman–Crippen LogP) is 5.48. The average molecular weight is 629 g/mol. The van der Waals surface area contributed by atoms with Gasteiger partial charge in [0.15, 0.2) is 17.6 Å². The van der Waals surface area contributed by atoms with Gasteiger partial charge < -0.3 is 35.1 Å². The van der Waals surface area contributed by atoms with Crippen molar-refractivity contribution in [3.63, 3.8) is 0 Å². The monoisotopic (exact) mass is 628 g/mol. The molecule has 1 aromatic heterocycles. The lowest BCUT2D eigenvalue weighted by Gasteiger charge is -2.28. The number of nitriles is 1. The van der Waals surface area contributed by atoms with Gasteiger partial charge in [0.25, 0.3) is 0 Å². The molecule has 2 atom stereocenters. The van der Waals surface area contributed by atoms with Gasteiger partial charge in [-0.05, 0) is 60.8 Å². The molecule has 4 aromatic rings. The molecule has 0 saturated carbocycles. The maximum absolute atomic E-state index is 11.7. The molecule has 1 aliphatic rings. The number of halogens is 1. The van der Waals surface area contributed by atoms with Crippen molar-refractivity contribution in [1.82, 2.24) is 10.3 Å². The number of nitrogens with one attached hydrogen (secondary N) is 1. The number of carboxylic acids is 1. The smallest absolute Gasteiger partial charge is 0.320 e. The summed E-state index contributed by atoms with van der Waals surface area (Å²) in [5, 5.41) is 22.1. The van der Waals surface area contributed by atoms with E-state index in [0.717, 1.165) is 22.4 Å². The Hall–Kier alpha value is -4.82. The molecule has 45 heavy (non-hydrogen) atoms. The van der Waals surface area contributed by atoms with Crippen molar-refractivity contribution in [2.24, 2.45) is 5.73 Å².